The van der Waals surface area contributed by atoms with Gasteiger partial charge >= 0.3 is 0 Å². The van der Waals surface area contributed by atoms with Gasteiger partial charge in [0.05, 0.1) is 6.04 Å². The summed E-state index contributed by atoms with van der Waals surface area (Å²) >= 11 is 6.08. The minimum Gasteiger partial charge on any atom is -0.349 e. The van der Waals surface area contributed by atoms with E-state index in [4.69, 9.17) is 16.6 Å². The Kier molecular flexibility index (Phi) is 4.94. The van der Waals surface area contributed by atoms with Crippen LogP contribution in [0.15, 0.2) is 42.5 Å². The van der Waals surface area contributed by atoms with E-state index in [2.05, 4.69) is 22.1 Å². The number of aryl methyl sites for hydroxylation is 1. The van der Waals surface area contributed by atoms with Crippen LogP contribution in [0.4, 0.5) is 21.8 Å². The molecule has 0 spiro atoms. The van der Waals surface area contributed by atoms with Crippen LogP contribution in [0.25, 0.3) is 0 Å². The van der Waals surface area contributed by atoms with Crippen molar-refractivity contribution in [2.24, 2.45) is 0 Å². The Bertz CT molecular complexity index is 1040. The SMILES string of the molecule is Cc1nc(Nc2cccc(Cl)c2)nc(N2CCc3cc(F)ccc3C2C)c1C. The summed E-state index contributed by atoms with van der Waals surface area (Å²) in [6, 6.07) is 12.7. The number of anilines is 3. The molecular formula is C22H22ClFN4. The number of hydrogen-bond acceptors (Lipinski definition) is 4. The van der Waals surface area contributed by atoms with E-state index in [1.807, 2.05) is 44.2 Å². The smallest absolute Gasteiger partial charge is 0.229 e. The zero-order valence-electron chi connectivity index (χ0n) is 16.1. The summed E-state index contributed by atoms with van der Waals surface area (Å²) in [5.41, 5.74) is 5.03. The van der Waals surface area contributed by atoms with Crippen LogP contribution >= 0.6 is 11.6 Å². The molecule has 1 unspecified atom stereocenters. The van der Waals surface area contributed by atoms with Gasteiger partial charge in [-0.05, 0) is 68.7 Å². The first-order chi connectivity index (χ1) is 13.4. The van der Waals surface area contributed by atoms with Gasteiger partial charge in [0, 0.05) is 28.5 Å². The van der Waals surface area contributed by atoms with Crippen molar-refractivity contribution in [1.29, 1.82) is 0 Å². The Morgan fingerprint density at radius 1 is 1.14 bits per heavy atom. The fourth-order valence-electron chi connectivity index (χ4n) is 3.73. The molecule has 1 N–H and O–H groups in total. The third kappa shape index (κ3) is 3.54. The number of nitrogens with zero attached hydrogens (tertiary/aromatic N) is 3. The van der Waals surface area contributed by atoms with Gasteiger partial charge in [-0.2, -0.15) is 4.98 Å². The second-order valence-corrected chi connectivity index (χ2v) is 7.62. The minimum absolute atomic E-state index is 0.108. The van der Waals surface area contributed by atoms with Crippen molar-refractivity contribution in [1.82, 2.24) is 9.97 Å². The standard InChI is InChI=1S/C22H22ClFN4/c1-13-14(2)25-22(26-19-6-4-5-17(23)12-19)27-21(13)28-10-9-16-11-18(24)7-8-20(16)15(28)3/h4-8,11-12,15H,9-10H2,1-3H3,(H,25,26,27). The highest BCUT2D eigenvalue weighted by Crippen LogP contribution is 2.35. The summed E-state index contributed by atoms with van der Waals surface area (Å²) in [5, 5.41) is 3.91. The lowest BCUT2D eigenvalue weighted by Gasteiger charge is -2.37. The quantitative estimate of drug-likeness (QED) is 0.611. The topological polar surface area (TPSA) is 41.1 Å². The van der Waals surface area contributed by atoms with Gasteiger partial charge in [0.1, 0.15) is 11.6 Å². The molecule has 4 nitrogen and oxygen atoms in total. The summed E-state index contributed by atoms with van der Waals surface area (Å²) in [4.78, 5) is 11.7. The molecule has 0 aliphatic carbocycles. The van der Waals surface area contributed by atoms with E-state index >= 15 is 0 Å². The molecule has 2 heterocycles. The van der Waals surface area contributed by atoms with Gasteiger partial charge in [0.15, 0.2) is 0 Å². The average molecular weight is 397 g/mol. The van der Waals surface area contributed by atoms with E-state index < -0.39 is 0 Å². The second kappa shape index (κ2) is 7.40. The Morgan fingerprint density at radius 2 is 1.96 bits per heavy atom. The summed E-state index contributed by atoms with van der Waals surface area (Å²) in [6.07, 6.45) is 0.789. The zero-order valence-corrected chi connectivity index (χ0v) is 16.9. The third-order valence-electron chi connectivity index (χ3n) is 5.36. The first-order valence-electron chi connectivity index (χ1n) is 9.35. The van der Waals surface area contributed by atoms with Crippen LogP contribution in [-0.4, -0.2) is 16.5 Å². The molecule has 1 atom stereocenters. The van der Waals surface area contributed by atoms with E-state index in [-0.39, 0.29) is 11.9 Å². The van der Waals surface area contributed by atoms with Crippen LogP contribution in [0.2, 0.25) is 5.02 Å². The maximum atomic E-state index is 13.6. The number of halogens is 2. The Balaban J connectivity index is 1.69. The molecule has 144 valence electrons. The molecule has 1 aliphatic heterocycles. The van der Waals surface area contributed by atoms with Crippen LogP contribution in [0.3, 0.4) is 0 Å². The van der Waals surface area contributed by atoms with Crippen molar-refractivity contribution in [2.45, 2.75) is 33.2 Å². The van der Waals surface area contributed by atoms with Crippen LogP contribution in [0, 0.1) is 19.7 Å². The highest BCUT2D eigenvalue weighted by molar-refractivity contribution is 6.30. The van der Waals surface area contributed by atoms with Crippen molar-refractivity contribution in [3.8, 4) is 0 Å². The molecule has 1 aromatic heterocycles. The second-order valence-electron chi connectivity index (χ2n) is 7.18. The van der Waals surface area contributed by atoms with Gasteiger partial charge in [-0.3, -0.25) is 0 Å². The maximum Gasteiger partial charge on any atom is 0.229 e. The molecule has 0 saturated heterocycles. The number of hydrogen-bond donors (Lipinski definition) is 1. The fraction of sp³-hybridized carbons (Fsp3) is 0.273. The lowest BCUT2D eigenvalue weighted by atomic mass is 9.93. The summed E-state index contributed by atoms with van der Waals surface area (Å²) in [6.45, 7) is 6.95. The molecule has 6 heteroatoms. The number of rotatable bonds is 3. The van der Waals surface area contributed by atoms with Crippen molar-refractivity contribution >= 4 is 29.1 Å². The van der Waals surface area contributed by atoms with E-state index in [9.17, 15) is 4.39 Å². The van der Waals surface area contributed by atoms with Crippen molar-refractivity contribution in [3.05, 3.63) is 75.7 Å². The highest BCUT2D eigenvalue weighted by atomic mass is 35.5. The summed E-state index contributed by atoms with van der Waals surface area (Å²) in [5.74, 6) is 1.26. The average Bonchev–Trinajstić information content (AvgIpc) is 2.65. The number of benzene rings is 2. The summed E-state index contributed by atoms with van der Waals surface area (Å²) < 4.78 is 13.6. The highest BCUT2D eigenvalue weighted by Gasteiger charge is 2.27. The molecular weight excluding hydrogens is 375 g/mol. The molecule has 28 heavy (non-hydrogen) atoms. The van der Waals surface area contributed by atoms with Gasteiger partial charge in [0.2, 0.25) is 5.95 Å². The van der Waals surface area contributed by atoms with Crippen LogP contribution in [-0.2, 0) is 6.42 Å². The molecule has 0 saturated carbocycles. The minimum atomic E-state index is -0.179. The number of fused-ring (bicyclic) bond motifs is 1. The third-order valence-corrected chi connectivity index (χ3v) is 5.60. The van der Waals surface area contributed by atoms with Crippen molar-refractivity contribution in [3.63, 3.8) is 0 Å². The molecule has 0 fully saturated rings. The van der Waals surface area contributed by atoms with Crippen LogP contribution < -0.4 is 10.2 Å². The molecule has 3 aromatic rings. The van der Waals surface area contributed by atoms with Gasteiger partial charge in [0.25, 0.3) is 0 Å². The molecule has 0 amide bonds. The lowest BCUT2D eigenvalue weighted by Crippen LogP contribution is -2.35. The Morgan fingerprint density at radius 3 is 2.75 bits per heavy atom. The zero-order chi connectivity index (χ0) is 19.8. The molecule has 2 aromatic carbocycles. The normalized spacial score (nSPS) is 16.0. The van der Waals surface area contributed by atoms with Crippen molar-refractivity contribution < 1.29 is 4.39 Å². The first-order valence-corrected chi connectivity index (χ1v) is 9.73. The van der Waals surface area contributed by atoms with Gasteiger partial charge in [-0.1, -0.05) is 23.7 Å². The van der Waals surface area contributed by atoms with Crippen LogP contribution in [0.1, 0.15) is 35.3 Å². The van der Waals surface area contributed by atoms with Gasteiger partial charge in [-0.15, -0.1) is 0 Å². The maximum absolute atomic E-state index is 13.6. The number of nitrogens with one attached hydrogen (secondary N) is 1. The van der Waals surface area contributed by atoms with Gasteiger partial charge < -0.3 is 10.2 Å². The molecule has 0 radical (unpaired) electrons. The summed E-state index contributed by atoms with van der Waals surface area (Å²) in [7, 11) is 0. The molecule has 1 aliphatic rings. The molecule has 0 bridgehead atoms. The predicted octanol–water partition coefficient (Wildman–Crippen LogP) is 5.75. The van der Waals surface area contributed by atoms with E-state index in [1.165, 1.54) is 6.07 Å². The Hall–Kier alpha value is -2.66. The fourth-order valence-corrected chi connectivity index (χ4v) is 3.92. The number of aromatic nitrogens is 2. The first kappa shape index (κ1) is 18.7. The predicted molar refractivity (Wildman–Crippen MR) is 112 cm³/mol. The largest absolute Gasteiger partial charge is 0.349 e. The van der Waals surface area contributed by atoms with E-state index in [0.717, 1.165) is 46.9 Å². The monoisotopic (exact) mass is 396 g/mol. The van der Waals surface area contributed by atoms with Gasteiger partial charge in [-0.25, -0.2) is 9.37 Å². The van der Waals surface area contributed by atoms with Crippen molar-refractivity contribution in [2.75, 3.05) is 16.8 Å². The van der Waals surface area contributed by atoms with E-state index in [1.54, 1.807) is 6.07 Å². The molecule has 4 rings (SSSR count). The van der Waals surface area contributed by atoms with Crippen LogP contribution in [0.5, 0.6) is 0 Å². The lowest BCUT2D eigenvalue weighted by molar-refractivity contribution is 0.593. The van der Waals surface area contributed by atoms with E-state index in [0.29, 0.717) is 11.0 Å². The Labute approximate surface area is 169 Å².